The van der Waals surface area contributed by atoms with Gasteiger partial charge in [0.05, 0.1) is 38.3 Å². The summed E-state index contributed by atoms with van der Waals surface area (Å²) >= 11 is 0. The first kappa shape index (κ1) is 45.1. The molecule has 1 fully saturated rings. The first-order chi connectivity index (χ1) is 27.2. The minimum Gasteiger partial charge on any atom is -0.493 e. The van der Waals surface area contributed by atoms with Gasteiger partial charge >= 0.3 is 5.97 Å². The standard InChI is InChI=1S/C38H51N7O12S/c1-5-8-27(32(48)35(50)40-20-30(47)42-31(37(52)53)23-11-13-24(14-12-23)44-58(39,54)55)41-34(49)28-19-26-21-45(28)36(51)33(38(2,3)4)43-29(46)18-22-9-6-10-25(17-22)56-15-7-16-57-26/h6,9-14,17,26-28,31,33,44H,5,7-8,15-16,18-21H2,1-4H3,(H,40,50)(H,41,49)(H,42,47)(H,43,46)(H,52,53)(H2,39,54,55)/t26-,27?,28+,31+,33-/m1/s1. The van der Waals surface area contributed by atoms with Gasteiger partial charge in [-0.25, -0.2) is 9.93 Å². The van der Waals surface area contributed by atoms with E-state index in [-0.39, 0.29) is 43.7 Å². The molecular weight excluding hydrogens is 779 g/mol. The fourth-order valence-electron chi connectivity index (χ4n) is 6.51. The molecule has 5 atom stereocenters. The van der Waals surface area contributed by atoms with E-state index in [4.69, 9.17) is 14.6 Å². The molecule has 8 N–H and O–H groups in total. The Labute approximate surface area is 336 Å². The van der Waals surface area contributed by atoms with Gasteiger partial charge in [-0.3, -0.25) is 33.5 Å². The molecule has 0 aliphatic carbocycles. The van der Waals surface area contributed by atoms with Crippen LogP contribution in [-0.4, -0.2) is 110 Å². The highest BCUT2D eigenvalue weighted by Crippen LogP contribution is 2.28. The molecule has 2 aliphatic heterocycles. The van der Waals surface area contributed by atoms with E-state index in [0.29, 0.717) is 30.8 Å². The summed E-state index contributed by atoms with van der Waals surface area (Å²) in [4.78, 5) is 93.9. The van der Waals surface area contributed by atoms with Gasteiger partial charge in [-0.1, -0.05) is 58.4 Å². The van der Waals surface area contributed by atoms with Gasteiger partial charge in [-0.15, -0.1) is 0 Å². The number of ketones is 1. The van der Waals surface area contributed by atoms with Gasteiger partial charge in [0, 0.05) is 25.1 Å². The molecular formula is C38H51N7O12S. The van der Waals surface area contributed by atoms with Gasteiger partial charge in [-0.2, -0.15) is 8.42 Å². The van der Waals surface area contributed by atoms with E-state index in [9.17, 15) is 47.1 Å². The molecule has 1 saturated heterocycles. The van der Waals surface area contributed by atoms with Crippen molar-refractivity contribution in [3.05, 3.63) is 59.7 Å². The number of aliphatic carboxylic acids is 1. The van der Waals surface area contributed by atoms with Crippen LogP contribution >= 0.6 is 0 Å². The predicted octanol–water partition coefficient (Wildman–Crippen LogP) is 0.0563. The number of nitrogens with zero attached hydrogens (tertiary/aromatic N) is 1. The van der Waals surface area contributed by atoms with Crippen LogP contribution in [0.2, 0.25) is 0 Å². The third kappa shape index (κ3) is 13.0. The fourth-order valence-corrected chi connectivity index (χ4v) is 6.97. The number of nitrogens with two attached hydrogens (primary N) is 1. The Morgan fingerprint density at radius 3 is 2.38 bits per heavy atom. The molecule has 19 nitrogen and oxygen atoms in total. The molecule has 4 bridgehead atoms. The van der Waals surface area contributed by atoms with E-state index in [1.807, 2.05) is 4.72 Å². The zero-order valence-electron chi connectivity index (χ0n) is 32.7. The average molecular weight is 830 g/mol. The normalized spacial score (nSPS) is 20.1. The summed E-state index contributed by atoms with van der Waals surface area (Å²) in [5.74, 6) is -5.79. The van der Waals surface area contributed by atoms with Crippen molar-refractivity contribution in [3.8, 4) is 5.75 Å². The molecule has 0 radical (unpaired) electrons. The molecule has 4 rings (SSSR count). The lowest BCUT2D eigenvalue weighted by molar-refractivity contribution is -0.145. The fraction of sp³-hybridized carbons (Fsp3) is 0.500. The summed E-state index contributed by atoms with van der Waals surface area (Å²) in [6.07, 6.45) is 0.374. The van der Waals surface area contributed by atoms with Crippen LogP contribution in [0.5, 0.6) is 5.75 Å². The molecule has 2 aromatic rings. The molecule has 2 aliphatic rings. The van der Waals surface area contributed by atoms with Gasteiger partial charge in [0.2, 0.25) is 29.4 Å². The molecule has 2 aromatic carbocycles. The van der Waals surface area contributed by atoms with Gasteiger partial charge < -0.3 is 40.7 Å². The summed E-state index contributed by atoms with van der Waals surface area (Å²) in [7, 11) is -4.08. The number of anilines is 1. The number of carboxylic acids is 1. The molecule has 20 heteroatoms. The van der Waals surface area contributed by atoms with Gasteiger partial charge in [0.1, 0.15) is 17.8 Å². The van der Waals surface area contributed by atoms with Crippen LogP contribution in [0.4, 0.5) is 5.69 Å². The van der Waals surface area contributed by atoms with Crippen molar-refractivity contribution in [2.24, 2.45) is 10.6 Å². The van der Waals surface area contributed by atoms with Gasteiger partial charge in [-0.05, 0) is 47.2 Å². The van der Waals surface area contributed by atoms with Crippen molar-refractivity contribution < 1.29 is 56.6 Å². The summed E-state index contributed by atoms with van der Waals surface area (Å²) in [6, 6.07) is 6.93. The number of ether oxygens (including phenoxy) is 2. The number of carbonyl (C=O) groups excluding carboxylic acids is 6. The van der Waals surface area contributed by atoms with Crippen molar-refractivity contribution in [2.45, 2.75) is 90.1 Å². The Hall–Kier alpha value is -5.60. The number of Topliss-reactive ketones (excluding diaryl/α,β-unsaturated/α-hetero) is 1. The van der Waals surface area contributed by atoms with Gasteiger partial charge in [0.15, 0.2) is 6.04 Å². The Bertz CT molecular complexity index is 1970. The van der Waals surface area contributed by atoms with E-state index in [1.165, 1.54) is 29.2 Å². The minimum absolute atomic E-state index is 0.0193. The third-order valence-electron chi connectivity index (χ3n) is 9.34. The Balaban J connectivity index is 1.44. The van der Waals surface area contributed by atoms with Crippen LogP contribution in [0.15, 0.2) is 48.5 Å². The largest absolute Gasteiger partial charge is 0.493 e. The smallest absolute Gasteiger partial charge is 0.330 e. The molecule has 0 spiro atoms. The Morgan fingerprint density at radius 2 is 1.74 bits per heavy atom. The highest BCUT2D eigenvalue weighted by molar-refractivity contribution is 7.90. The maximum absolute atomic E-state index is 14.3. The van der Waals surface area contributed by atoms with Crippen LogP contribution < -0.4 is 35.9 Å². The summed E-state index contributed by atoms with van der Waals surface area (Å²) in [5.41, 5.74) is 0.00763. The summed E-state index contributed by atoms with van der Waals surface area (Å²) in [5, 5.41) is 24.5. The quantitative estimate of drug-likeness (QED) is 0.132. The monoisotopic (exact) mass is 829 g/mol. The number of hydrogen-bond acceptors (Lipinski definition) is 11. The second kappa shape index (κ2) is 19.7. The Morgan fingerprint density at radius 1 is 1.03 bits per heavy atom. The molecule has 58 heavy (non-hydrogen) atoms. The van der Waals surface area contributed by atoms with Crippen LogP contribution in [-0.2, 0) is 54.9 Å². The summed E-state index contributed by atoms with van der Waals surface area (Å²) in [6.45, 7) is 6.89. The highest BCUT2D eigenvalue weighted by Gasteiger charge is 2.46. The van der Waals surface area contributed by atoms with Crippen molar-refractivity contribution in [1.82, 2.24) is 26.2 Å². The number of nitrogens with one attached hydrogen (secondary N) is 5. The lowest BCUT2D eigenvalue weighted by atomic mass is 9.85. The van der Waals surface area contributed by atoms with E-state index in [0.717, 1.165) is 0 Å². The zero-order valence-corrected chi connectivity index (χ0v) is 33.6. The van der Waals surface area contributed by atoms with Crippen molar-refractivity contribution in [1.29, 1.82) is 0 Å². The number of hydrogen-bond donors (Lipinski definition) is 7. The highest BCUT2D eigenvalue weighted by atomic mass is 32.2. The second-order valence-electron chi connectivity index (χ2n) is 15.1. The SMILES string of the molecule is CCCC(NC(=O)[C@@H]1C[C@@H]2CN1C(=O)[C@H](C(C)(C)C)NC(=O)Cc1cccc(c1)OCCCO2)C(=O)C(=O)NCC(=O)N[C@H](C(=O)O)c1ccc(NS(N)(=O)=O)cc1. The van der Waals surface area contributed by atoms with Gasteiger partial charge in [0.25, 0.3) is 16.1 Å². The van der Waals surface area contributed by atoms with E-state index in [2.05, 4.69) is 21.3 Å². The number of fused-ring (bicyclic) bond motifs is 4. The Kier molecular flexibility index (Phi) is 15.3. The van der Waals surface area contributed by atoms with E-state index < -0.39 is 93.7 Å². The average Bonchev–Trinajstić information content (AvgIpc) is 3.57. The molecule has 1 unspecified atom stereocenters. The van der Waals surface area contributed by atoms with Crippen LogP contribution in [0.1, 0.15) is 70.5 Å². The number of carboxylic acid groups (broad SMARTS) is 1. The van der Waals surface area contributed by atoms with E-state index >= 15 is 0 Å². The predicted molar refractivity (Wildman–Crippen MR) is 208 cm³/mol. The van der Waals surface area contributed by atoms with E-state index in [1.54, 1.807) is 52.0 Å². The topological polar surface area (TPSA) is 282 Å². The second-order valence-corrected chi connectivity index (χ2v) is 16.4. The third-order valence-corrected chi connectivity index (χ3v) is 9.86. The molecule has 316 valence electrons. The van der Waals surface area contributed by atoms with Crippen LogP contribution in [0.25, 0.3) is 0 Å². The molecule has 2 heterocycles. The number of rotatable bonds is 13. The summed E-state index contributed by atoms with van der Waals surface area (Å²) < 4.78 is 36.4. The maximum atomic E-state index is 14.3. The zero-order chi connectivity index (χ0) is 42.8. The minimum atomic E-state index is -4.08. The van der Waals surface area contributed by atoms with Crippen molar-refractivity contribution in [2.75, 3.05) is 31.0 Å². The first-order valence-corrected chi connectivity index (χ1v) is 20.3. The number of amides is 5. The number of carbonyl (C=O) groups is 7. The molecule has 5 amide bonds. The molecule has 0 aromatic heterocycles. The van der Waals surface area contributed by atoms with Crippen molar-refractivity contribution in [3.63, 3.8) is 0 Å². The van der Waals surface area contributed by atoms with Crippen molar-refractivity contribution >= 4 is 57.2 Å². The maximum Gasteiger partial charge on any atom is 0.330 e. The van der Waals surface area contributed by atoms with Crippen LogP contribution in [0, 0.1) is 5.41 Å². The number of benzene rings is 2. The lowest BCUT2D eigenvalue weighted by Crippen LogP contribution is -2.59. The lowest BCUT2D eigenvalue weighted by Gasteiger charge is -2.35. The first-order valence-electron chi connectivity index (χ1n) is 18.7. The van der Waals surface area contributed by atoms with Crippen LogP contribution in [0.3, 0.4) is 0 Å². The molecule has 0 saturated carbocycles.